The maximum Gasteiger partial charge on any atom is 0.265 e. The summed E-state index contributed by atoms with van der Waals surface area (Å²) in [5, 5.41) is 0. The Labute approximate surface area is 239 Å². The van der Waals surface area contributed by atoms with E-state index in [1.54, 1.807) is 36.4 Å². The summed E-state index contributed by atoms with van der Waals surface area (Å²) in [7, 11) is -2.65. The van der Waals surface area contributed by atoms with E-state index in [2.05, 4.69) is 14.7 Å². The van der Waals surface area contributed by atoms with Gasteiger partial charge in [-0.15, -0.1) is 0 Å². The number of carbonyl (C=O) groups excluding carboxylic acids is 1. The zero-order valence-electron chi connectivity index (χ0n) is 23.5. The van der Waals surface area contributed by atoms with E-state index < -0.39 is 15.9 Å². The van der Waals surface area contributed by atoms with Crippen LogP contribution in [-0.2, 0) is 25.0 Å². The van der Waals surface area contributed by atoms with Gasteiger partial charge in [0.1, 0.15) is 0 Å². The van der Waals surface area contributed by atoms with Crippen LogP contribution in [0, 0.1) is 0 Å². The maximum atomic E-state index is 13.6. The molecule has 3 aromatic rings. The first kappa shape index (κ1) is 29.9. The fraction of sp³-hybridized carbons (Fsp3) is 0.393. The number of sulfonamides is 1. The second-order valence-corrected chi connectivity index (χ2v) is 12.0. The van der Waals surface area contributed by atoms with Crippen molar-refractivity contribution < 1.29 is 32.2 Å². The van der Waals surface area contributed by atoms with E-state index in [1.165, 1.54) is 19.2 Å². The Bertz CT molecular complexity index is 1470. The molecule has 1 aromatic heterocycles. The summed E-state index contributed by atoms with van der Waals surface area (Å²) in [6, 6.07) is 13.5. The standard InChI is InChI=1S/C28H35N5O7S/c1-28(2,3)19-9-11-20(12-10-19)41(35,36)32-25-24(40-22-8-6-5-7-21(22)37-4)26(39-16-13-23(29)34)31-27(30-25)33-14-17-38-18-15-33/h5-12H,13-18H2,1-4H3,(H2,29,34)(H,30,31,32). The largest absolute Gasteiger partial charge is 0.493 e. The van der Waals surface area contributed by atoms with Gasteiger partial charge in [-0.2, -0.15) is 9.97 Å². The predicted molar refractivity (Wildman–Crippen MR) is 153 cm³/mol. The van der Waals surface area contributed by atoms with Gasteiger partial charge in [-0.3, -0.25) is 9.52 Å². The van der Waals surface area contributed by atoms with Gasteiger partial charge in [0.15, 0.2) is 17.3 Å². The van der Waals surface area contributed by atoms with E-state index in [0.29, 0.717) is 32.1 Å². The van der Waals surface area contributed by atoms with Crippen molar-refractivity contribution in [3.8, 4) is 23.1 Å². The molecule has 3 N–H and O–H groups in total. The Hall–Kier alpha value is -4.10. The molecular weight excluding hydrogens is 550 g/mol. The quantitative estimate of drug-likeness (QED) is 0.342. The number of hydrogen-bond acceptors (Lipinski definition) is 10. The lowest BCUT2D eigenvalue weighted by atomic mass is 9.87. The molecule has 0 bridgehead atoms. The molecule has 0 aliphatic carbocycles. The van der Waals surface area contributed by atoms with Gasteiger partial charge >= 0.3 is 0 Å². The van der Waals surface area contributed by atoms with Crippen molar-refractivity contribution in [3.05, 3.63) is 54.1 Å². The van der Waals surface area contributed by atoms with E-state index >= 15 is 0 Å². The number of anilines is 2. The fourth-order valence-corrected chi connectivity index (χ4v) is 4.97. The number of ether oxygens (including phenoxy) is 4. The highest BCUT2D eigenvalue weighted by atomic mass is 32.2. The van der Waals surface area contributed by atoms with Crippen molar-refractivity contribution in [2.24, 2.45) is 5.73 Å². The van der Waals surface area contributed by atoms with Gasteiger partial charge in [-0.1, -0.05) is 45.0 Å². The number of benzene rings is 2. The van der Waals surface area contributed by atoms with Crippen LogP contribution < -0.4 is 29.6 Å². The summed E-state index contributed by atoms with van der Waals surface area (Å²) >= 11 is 0. The maximum absolute atomic E-state index is 13.6. The predicted octanol–water partition coefficient (Wildman–Crippen LogP) is 3.47. The molecule has 0 saturated carbocycles. The smallest absolute Gasteiger partial charge is 0.265 e. The number of morpholine rings is 1. The second-order valence-electron chi connectivity index (χ2n) is 10.3. The third-order valence-electron chi connectivity index (χ3n) is 6.25. The minimum Gasteiger partial charge on any atom is -0.493 e. The third-order valence-corrected chi connectivity index (χ3v) is 7.60. The minimum absolute atomic E-state index is 0.0384. The van der Waals surface area contributed by atoms with Gasteiger partial charge in [-0.25, -0.2) is 8.42 Å². The van der Waals surface area contributed by atoms with Crippen LogP contribution in [-0.4, -0.2) is 64.3 Å². The number of aromatic nitrogens is 2. The minimum atomic E-state index is -4.13. The van der Waals surface area contributed by atoms with E-state index in [0.717, 1.165) is 5.56 Å². The monoisotopic (exact) mass is 585 g/mol. The van der Waals surface area contributed by atoms with Crippen molar-refractivity contribution in [2.75, 3.05) is 49.6 Å². The molecule has 1 amide bonds. The molecule has 0 radical (unpaired) electrons. The summed E-state index contributed by atoms with van der Waals surface area (Å²) in [5.41, 5.74) is 6.14. The van der Waals surface area contributed by atoms with Gasteiger partial charge in [0, 0.05) is 13.1 Å². The molecule has 1 aliphatic rings. The first-order chi connectivity index (χ1) is 19.5. The molecule has 1 fully saturated rings. The Kier molecular flexibility index (Phi) is 9.18. The normalized spacial score (nSPS) is 13.9. The number of primary amides is 1. The molecule has 2 aromatic carbocycles. The topological polar surface area (TPSA) is 155 Å². The molecular formula is C28H35N5O7S. The summed E-state index contributed by atoms with van der Waals surface area (Å²) < 4.78 is 52.6. The zero-order chi connectivity index (χ0) is 29.6. The summed E-state index contributed by atoms with van der Waals surface area (Å²) in [6.07, 6.45) is -0.0911. The molecule has 220 valence electrons. The van der Waals surface area contributed by atoms with Crippen molar-refractivity contribution in [1.82, 2.24) is 9.97 Å². The lowest BCUT2D eigenvalue weighted by Gasteiger charge is -2.28. The van der Waals surface area contributed by atoms with Gasteiger partial charge in [0.2, 0.25) is 17.6 Å². The molecule has 2 heterocycles. The molecule has 41 heavy (non-hydrogen) atoms. The van der Waals surface area contributed by atoms with E-state index in [-0.39, 0.29) is 52.5 Å². The van der Waals surface area contributed by atoms with Crippen LogP contribution in [0.15, 0.2) is 53.4 Å². The third kappa shape index (κ3) is 7.55. The number of nitrogens with one attached hydrogen (secondary N) is 1. The molecule has 4 rings (SSSR count). The van der Waals surface area contributed by atoms with Crippen LogP contribution in [0.1, 0.15) is 32.8 Å². The lowest BCUT2D eigenvalue weighted by molar-refractivity contribution is -0.118. The average Bonchev–Trinajstić information content (AvgIpc) is 2.94. The van der Waals surface area contributed by atoms with Gasteiger partial charge < -0.3 is 29.6 Å². The Morgan fingerprint density at radius 3 is 2.32 bits per heavy atom. The molecule has 1 saturated heterocycles. The van der Waals surface area contributed by atoms with E-state index in [4.69, 9.17) is 24.7 Å². The highest BCUT2D eigenvalue weighted by Crippen LogP contribution is 2.41. The number of para-hydroxylation sites is 2. The second kappa shape index (κ2) is 12.6. The van der Waals surface area contributed by atoms with Crippen molar-refractivity contribution in [3.63, 3.8) is 0 Å². The average molecular weight is 586 g/mol. The number of hydrogen-bond donors (Lipinski definition) is 2. The molecule has 0 unspecified atom stereocenters. The van der Waals surface area contributed by atoms with Crippen molar-refractivity contribution >= 4 is 27.7 Å². The van der Waals surface area contributed by atoms with Crippen LogP contribution in [0.5, 0.6) is 23.1 Å². The summed E-state index contributed by atoms with van der Waals surface area (Å²) in [5.74, 6) is -0.0386. The Morgan fingerprint density at radius 1 is 1.05 bits per heavy atom. The lowest BCUT2D eigenvalue weighted by Crippen LogP contribution is -2.37. The summed E-state index contributed by atoms with van der Waals surface area (Å²) in [6.45, 7) is 7.88. The van der Waals surface area contributed by atoms with Crippen LogP contribution in [0.3, 0.4) is 0 Å². The van der Waals surface area contributed by atoms with Crippen LogP contribution in [0.2, 0.25) is 0 Å². The van der Waals surface area contributed by atoms with Gasteiger partial charge in [-0.05, 0) is 35.2 Å². The summed E-state index contributed by atoms with van der Waals surface area (Å²) in [4.78, 5) is 22.4. The van der Waals surface area contributed by atoms with Crippen LogP contribution in [0.25, 0.3) is 0 Å². The Balaban J connectivity index is 1.81. The number of amides is 1. The molecule has 1 aliphatic heterocycles. The number of carbonyl (C=O) groups is 1. The molecule has 0 spiro atoms. The first-order valence-electron chi connectivity index (χ1n) is 13.1. The molecule has 12 nitrogen and oxygen atoms in total. The van der Waals surface area contributed by atoms with E-state index in [9.17, 15) is 13.2 Å². The highest BCUT2D eigenvalue weighted by Gasteiger charge is 2.27. The zero-order valence-corrected chi connectivity index (χ0v) is 24.4. The van der Waals surface area contributed by atoms with Crippen LogP contribution in [0.4, 0.5) is 11.8 Å². The SMILES string of the molecule is COc1ccccc1Oc1c(NS(=O)(=O)c2ccc(C(C)(C)C)cc2)nc(N2CCOCC2)nc1OCCC(N)=O. The fourth-order valence-electron chi connectivity index (χ4n) is 3.96. The molecule has 0 atom stereocenters. The number of rotatable bonds is 11. The van der Waals surface area contributed by atoms with Gasteiger partial charge in [0.05, 0.1) is 38.2 Å². The highest BCUT2D eigenvalue weighted by molar-refractivity contribution is 7.92. The Morgan fingerprint density at radius 2 is 1.71 bits per heavy atom. The van der Waals surface area contributed by atoms with Crippen molar-refractivity contribution in [1.29, 1.82) is 0 Å². The first-order valence-corrected chi connectivity index (χ1v) is 14.6. The van der Waals surface area contributed by atoms with Gasteiger partial charge in [0.25, 0.3) is 15.9 Å². The number of methoxy groups -OCH3 is 1. The van der Waals surface area contributed by atoms with Crippen LogP contribution >= 0.6 is 0 Å². The van der Waals surface area contributed by atoms with E-state index in [1.807, 2.05) is 25.7 Å². The number of nitrogens with zero attached hydrogens (tertiary/aromatic N) is 3. The van der Waals surface area contributed by atoms with Crippen molar-refractivity contribution in [2.45, 2.75) is 37.5 Å². The number of nitrogens with two attached hydrogens (primary N) is 1. The molecule has 13 heteroatoms.